The van der Waals surface area contributed by atoms with Gasteiger partial charge in [0.2, 0.25) is 0 Å². The lowest BCUT2D eigenvalue weighted by atomic mass is 9.99. The number of hydrogen-bond donors (Lipinski definition) is 0. The minimum Gasteiger partial charge on any atom is -0.307 e. The molecular weight excluding hydrogens is 1000 g/mol. The second kappa shape index (κ2) is 18.1. The predicted octanol–water partition coefficient (Wildman–Crippen LogP) is 16.6. The molecule has 0 radical (unpaired) electrons. The Morgan fingerprint density at radius 3 is 0.866 bits per heavy atom. The second-order valence-corrected chi connectivity index (χ2v) is 20.3. The van der Waals surface area contributed by atoms with E-state index in [0.717, 1.165) is 121 Å². The molecule has 0 spiro atoms. The van der Waals surface area contributed by atoms with E-state index in [1.165, 1.54) is 0 Å². The van der Waals surface area contributed by atoms with Crippen molar-refractivity contribution in [2.24, 2.45) is 0 Å². The summed E-state index contributed by atoms with van der Waals surface area (Å²) < 4.78 is 8.45. The molecule has 0 aliphatic carbocycles. The first-order chi connectivity index (χ1) is 40.4. The molecule has 0 atom stereocenters. The first kappa shape index (κ1) is 46.8. The van der Waals surface area contributed by atoms with Gasteiger partial charge in [-0.2, -0.15) is 31.6 Å². The van der Waals surface area contributed by atoms with E-state index in [2.05, 4.69) is 161 Å². The molecule has 0 aliphatic rings. The molecule has 0 aliphatic heterocycles. The maximum Gasteiger partial charge on any atom is 0.101 e. The summed E-state index contributed by atoms with van der Waals surface area (Å²) in [5, 5.41) is 70.7. The summed E-state index contributed by atoms with van der Waals surface area (Å²) in [5.41, 5.74) is 15.6. The van der Waals surface area contributed by atoms with Crippen LogP contribution in [0.1, 0.15) is 33.4 Å². The van der Waals surface area contributed by atoms with Gasteiger partial charge in [-0.1, -0.05) is 115 Å². The number of benzene rings is 11. The van der Waals surface area contributed by atoms with Gasteiger partial charge in [0.1, 0.15) is 36.4 Å². The maximum absolute atomic E-state index is 10.7. The van der Waals surface area contributed by atoms with Crippen LogP contribution in [-0.2, 0) is 0 Å². The monoisotopic (exact) mass is 1040 g/mol. The summed E-state index contributed by atoms with van der Waals surface area (Å²) in [5.74, 6) is 0. The molecular formula is C72H36N10. The molecule has 15 rings (SSSR count). The number of hydrogen-bond acceptors (Lipinski definition) is 6. The highest BCUT2D eigenvalue weighted by atomic mass is 15.1. The van der Waals surface area contributed by atoms with Crippen LogP contribution in [0.3, 0.4) is 0 Å². The Balaban J connectivity index is 0.928. The Kier molecular flexibility index (Phi) is 10.3. The number of nitrogens with zero attached hydrogens (tertiary/aromatic N) is 10. The number of para-hydroxylation sites is 6. The summed E-state index contributed by atoms with van der Waals surface area (Å²) in [7, 11) is 0. The van der Waals surface area contributed by atoms with Gasteiger partial charge in [-0.15, -0.1) is 0 Å². The van der Waals surface area contributed by atoms with Crippen molar-refractivity contribution in [2.45, 2.75) is 0 Å². The number of rotatable bonds is 6. The quantitative estimate of drug-likeness (QED) is 0.161. The third-order valence-electron chi connectivity index (χ3n) is 16.2. The van der Waals surface area contributed by atoms with E-state index < -0.39 is 0 Å². The maximum atomic E-state index is 10.7. The largest absolute Gasteiger partial charge is 0.307 e. The third kappa shape index (κ3) is 6.69. The van der Waals surface area contributed by atoms with Gasteiger partial charge in [0.05, 0.1) is 100 Å². The predicted molar refractivity (Wildman–Crippen MR) is 323 cm³/mol. The van der Waals surface area contributed by atoms with Crippen molar-refractivity contribution < 1.29 is 0 Å². The van der Waals surface area contributed by atoms with Crippen LogP contribution >= 0.6 is 0 Å². The SMILES string of the molecule is N#Cc1cc(-n2c3ccccc3c3ccccc32)c(-n2c3ccccc3c3cc(-c4ccc5c6cc(-c7ccc8c(c7)c7ccccc7n8-c7c(C#N)cccc7C#N)ccc6n(-c6c(C#N)cccc6C#N)c5c4)ccc32)cc1C#N. The summed E-state index contributed by atoms with van der Waals surface area (Å²) in [4.78, 5) is 0. The zero-order chi connectivity index (χ0) is 55.3. The molecule has 0 N–H and O–H groups in total. The lowest BCUT2D eigenvalue weighted by molar-refractivity contribution is 1.09. The van der Waals surface area contributed by atoms with Gasteiger partial charge in [-0.25, -0.2) is 0 Å². The van der Waals surface area contributed by atoms with E-state index in [9.17, 15) is 31.6 Å². The van der Waals surface area contributed by atoms with E-state index in [4.69, 9.17) is 0 Å². The van der Waals surface area contributed by atoms with Gasteiger partial charge in [0, 0.05) is 43.1 Å². The van der Waals surface area contributed by atoms with Crippen LogP contribution in [0.25, 0.3) is 132 Å². The van der Waals surface area contributed by atoms with Crippen molar-refractivity contribution in [1.82, 2.24) is 18.3 Å². The summed E-state index contributed by atoms with van der Waals surface area (Å²) in [6, 6.07) is 86.3. The lowest BCUT2D eigenvalue weighted by Crippen LogP contribution is -2.05. The van der Waals surface area contributed by atoms with Crippen LogP contribution in [-0.4, -0.2) is 18.3 Å². The fourth-order valence-electron chi connectivity index (χ4n) is 12.7. The van der Waals surface area contributed by atoms with Crippen LogP contribution < -0.4 is 0 Å². The van der Waals surface area contributed by atoms with E-state index in [0.29, 0.717) is 33.6 Å². The van der Waals surface area contributed by atoms with Crippen molar-refractivity contribution in [3.05, 3.63) is 252 Å². The first-order valence-electron chi connectivity index (χ1n) is 26.4. The summed E-state index contributed by atoms with van der Waals surface area (Å²) >= 11 is 0. The molecule has 0 fully saturated rings. The number of fused-ring (bicyclic) bond motifs is 12. The minimum atomic E-state index is 0.276. The van der Waals surface area contributed by atoms with Gasteiger partial charge in [-0.05, 0) is 125 Å². The lowest BCUT2D eigenvalue weighted by Gasteiger charge is -2.18. The van der Waals surface area contributed by atoms with Gasteiger partial charge in [0.15, 0.2) is 0 Å². The fraction of sp³-hybridized carbons (Fsp3) is 0. The molecule has 15 aromatic rings. The van der Waals surface area contributed by atoms with Crippen molar-refractivity contribution in [1.29, 1.82) is 31.6 Å². The minimum absolute atomic E-state index is 0.276. The van der Waals surface area contributed by atoms with Crippen LogP contribution in [0.2, 0.25) is 0 Å². The third-order valence-corrected chi connectivity index (χ3v) is 16.2. The Morgan fingerprint density at radius 1 is 0.207 bits per heavy atom. The van der Waals surface area contributed by atoms with Crippen molar-refractivity contribution in [3.8, 4) is 81.4 Å². The molecule has 0 amide bonds. The highest BCUT2D eigenvalue weighted by Crippen LogP contribution is 2.44. The van der Waals surface area contributed by atoms with Gasteiger partial charge in [0.25, 0.3) is 0 Å². The average Bonchev–Trinajstić information content (AvgIpc) is 4.43. The number of aromatic nitrogens is 4. The molecule has 0 saturated heterocycles. The Morgan fingerprint density at radius 2 is 0.488 bits per heavy atom. The standard InChI is InChI=1S/C72H36N10/c73-37-47-11-9-12-48(38-74)71(47)81-64-22-8-4-18-56(64)59-31-43(25-29-66(59)81)44-26-30-67-60(32-44)57-27-23-46(34-68(57)82(67)72-49(39-75)13-10-14-50(72)40-76)45-24-28-65-58(33-45)55-17-3-7-21-63(55)80(65)70-36-52(42-78)51(41-77)35-69(70)79-61-19-5-1-15-53(61)54-16-2-6-20-62(54)79/h1-36H. The Labute approximate surface area is 467 Å². The van der Waals surface area contributed by atoms with Crippen molar-refractivity contribution >= 4 is 87.2 Å². The molecule has 0 bridgehead atoms. The summed E-state index contributed by atoms with van der Waals surface area (Å²) in [6.07, 6.45) is 0. The average molecular weight is 1040 g/mol. The van der Waals surface area contributed by atoms with Gasteiger partial charge >= 0.3 is 0 Å². The topological polar surface area (TPSA) is 162 Å². The smallest absolute Gasteiger partial charge is 0.101 e. The van der Waals surface area contributed by atoms with Crippen molar-refractivity contribution in [2.75, 3.05) is 0 Å². The van der Waals surface area contributed by atoms with E-state index in [1.54, 1.807) is 36.4 Å². The van der Waals surface area contributed by atoms with Gasteiger partial charge < -0.3 is 18.3 Å². The number of nitriles is 6. The highest BCUT2D eigenvalue weighted by Gasteiger charge is 2.25. The van der Waals surface area contributed by atoms with E-state index >= 15 is 0 Å². The van der Waals surface area contributed by atoms with Crippen molar-refractivity contribution in [3.63, 3.8) is 0 Å². The first-order valence-corrected chi connectivity index (χ1v) is 26.4. The zero-order valence-electron chi connectivity index (χ0n) is 43.3. The zero-order valence-corrected chi connectivity index (χ0v) is 43.3. The molecule has 4 heterocycles. The molecule has 82 heavy (non-hydrogen) atoms. The molecule has 4 aromatic heterocycles. The molecule has 10 nitrogen and oxygen atoms in total. The molecule has 0 unspecified atom stereocenters. The van der Waals surface area contributed by atoms with Crippen LogP contribution in [0, 0.1) is 68.0 Å². The summed E-state index contributed by atoms with van der Waals surface area (Å²) in [6.45, 7) is 0. The van der Waals surface area contributed by atoms with Crippen LogP contribution in [0.5, 0.6) is 0 Å². The van der Waals surface area contributed by atoms with Crippen LogP contribution in [0.15, 0.2) is 218 Å². The highest BCUT2D eigenvalue weighted by molar-refractivity contribution is 6.16. The molecule has 374 valence electrons. The van der Waals surface area contributed by atoms with E-state index in [-0.39, 0.29) is 11.1 Å². The van der Waals surface area contributed by atoms with Gasteiger partial charge in [-0.3, -0.25) is 0 Å². The fourth-order valence-corrected chi connectivity index (χ4v) is 12.7. The molecule has 10 heteroatoms. The molecule has 11 aromatic carbocycles. The Hall–Kier alpha value is -12.4. The Bertz CT molecular complexity index is 5500. The normalized spacial score (nSPS) is 11.3. The molecule has 0 saturated carbocycles. The van der Waals surface area contributed by atoms with Crippen LogP contribution in [0.4, 0.5) is 0 Å². The second-order valence-electron chi connectivity index (χ2n) is 20.3. The van der Waals surface area contributed by atoms with E-state index in [1.807, 2.05) is 75.9 Å².